The van der Waals surface area contributed by atoms with Crippen molar-refractivity contribution in [1.82, 2.24) is 20.5 Å². The van der Waals surface area contributed by atoms with Crippen molar-refractivity contribution in [3.63, 3.8) is 0 Å². The molecule has 7 heteroatoms. The summed E-state index contributed by atoms with van der Waals surface area (Å²) in [5.41, 5.74) is 7.88. The molecule has 0 spiro atoms. The maximum Gasteiger partial charge on any atom is 0.271 e. The summed E-state index contributed by atoms with van der Waals surface area (Å²) in [5, 5.41) is 8.91. The minimum Gasteiger partial charge on any atom is -0.396 e. The van der Waals surface area contributed by atoms with Gasteiger partial charge in [0.15, 0.2) is 0 Å². The summed E-state index contributed by atoms with van der Waals surface area (Å²) in [4.78, 5) is 16.4. The normalized spacial score (nSPS) is 10.1. The van der Waals surface area contributed by atoms with Crippen LogP contribution in [0.5, 0.6) is 0 Å². The highest BCUT2D eigenvalue weighted by atomic mass is 32.1. The zero-order chi connectivity index (χ0) is 10.7. The van der Waals surface area contributed by atoms with Crippen LogP contribution in [0.3, 0.4) is 0 Å². The number of nitrogens with two attached hydrogens (primary N) is 1. The molecule has 0 aromatic carbocycles. The molecule has 0 fully saturated rings. The van der Waals surface area contributed by atoms with E-state index in [-0.39, 0.29) is 5.91 Å². The number of nitrogens with zero attached hydrogens (tertiary/aromatic N) is 2. The molecule has 0 radical (unpaired) electrons. The van der Waals surface area contributed by atoms with Crippen LogP contribution in [0.15, 0.2) is 17.9 Å². The Hall–Kier alpha value is -1.89. The van der Waals surface area contributed by atoms with Gasteiger partial charge in [-0.2, -0.15) is 5.10 Å². The van der Waals surface area contributed by atoms with Crippen LogP contribution < -0.4 is 11.1 Å². The van der Waals surface area contributed by atoms with Gasteiger partial charge in [0.25, 0.3) is 5.91 Å². The Bertz CT molecular complexity index is 449. The molecule has 78 valence electrons. The second-order valence-electron chi connectivity index (χ2n) is 2.85. The van der Waals surface area contributed by atoms with E-state index in [1.54, 1.807) is 11.7 Å². The minimum absolute atomic E-state index is 0.265. The van der Waals surface area contributed by atoms with Gasteiger partial charge in [-0.15, -0.1) is 11.3 Å². The van der Waals surface area contributed by atoms with Crippen LogP contribution in [-0.4, -0.2) is 21.1 Å². The van der Waals surface area contributed by atoms with Gasteiger partial charge in [-0.05, 0) is 0 Å². The van der Waals surface area contributed by atoms with E-state index < -0.39 is 0 Å². The first kappa shape index (κ1) is 9.66. The molecule has 0 saturated carbocycles. The molecule has 0 aliphatic rings. The molecule has 2 heterocycles. The Morgan fingerprint density at radius 3 is 3.07 bits per heavy atom. The van der Waals surface area contributed by atoms with Crippen molar-refractivity contribution in [2.75, 3.05) is 5.73 Å². The number of hydrogen-bond donors (Lipinski definition) is 3. The molecule has 0 saturated heterocycles. The molecule has 0 aliphatic carbocycles. The molecule has 6 nitrogen and oxygen atoms in total. The van der Waals surface area contributed by atoms with E-state index in [9.17, 15) is 4.79 Å². The maximum absolute atomic E-state index is 11.5. The maximum atomic E-state index is 11.5. The summed E-state index contributed by atoms with van der Waals surface area (Å²) in [6, 6.07) is 0. The van der Waals surface area contributed by atoms with Crippen molar-refractivity contribution in [2.24, 2.45) is 0 Å². The van der Waals surface area contributed by atoms with Crippen LogP contribution in [0.1, 0.15) is 15.4 Å². The number of anilines is 1. The topological polar surface area (TPSA) is 96.7 Å². The molecule has 15 heavy (non-hydrogen) atoms. The number of rotatable bonds is 3. The number of nitrogen functional groups attached to an aromatic ring is 1. The Morgan fingerprint density at radius 2 is 2.47 bits per heavy atom. The van der Waals surface area contributed by atoms with Crippen LogP contribution in [0.2, 0.25) is 0 Å². The van der Waals surface area contributed by atoms with E-state index >= 15 is 0 Å². The number of aromatic amines is 1. The molecule has 0 aliphatic heterocycles. The Balaban J connectivity index is 1.96. The van der Waals surface area contributed by atoms with Gasteiger partial charge in [-0.25, -0.2) is 0 Å². The van der Waals surface area contributed by atoms with Crippen LogP contribution in [0.25, 0.3) is 0 Å². The van der Waals surface area contributed by atoms with Gasteiger partial charge in [0, 0.05) is 11.1 Å². The summed E-state index contributed by atoms with van der Waals surface area (Å²) >= 11 is 1.48. The van der Waals surface area contributed by atoms with E-state index in [1.165, 1.54) is 17.5 Å². The Labute approximate surface area is 89.5 Å². The molecule has 4 N–H and O–H groups in total. The first-order valence-electron chi connectivity index (χ1n) is 4.22. The second kappa shape index (κ2) is 4.09. The van der Waals surface area contributed by atoms with Crippen molar-refractivity contribution in [3.8, 4) is 0 Å². The van der Waals surface area contributed by atoms with Gasteiger partial charge < -0.3 is 11.1 Å². The third-order valence-electron chi connectivity index (χ3n) is 1.80. The highest BCUT2D eigenvalue weighted by Gasteiger charge is 2.10. The average Bonchev–Trinajstić information content (AvgIpc) is 2.84. The standard InChI is InChI=1S/C8H9N5OS/c9-6-3-12-13-7(6)8(14)11-2-5-1-10-4-15-5/h1,3-4H,2,9H2,(H,11,14)(H,12,13). The lowest BCUT2D eigenvalue weighted by Gasteiger charge is -2.01. The van der Waals surface area contributed by atoms with Crippen LogP contribution >= 0.6 is 11.3 Å². The number of nitrogens with one attached hydrogen (secondary N) is 2. The third kappa shape index (κ3) is 2.13. The summed E-state index contributed by atoms with van der Waals surface area (Å²) in [6.07, 6.45) is 3.11. The largest absolute Gasteiger partial charge is 0.396 e. The predicted octanol–water partition coefficient (Wildman–Crippen LogP) is 0.378. The lowest BCUT2D eigenvalue weighted by atomic mass is 10.3. The van der Waals surface area contributed by atoms with E-state index in [2.05, 4.69) is 20.5 Å². The lowest BCUT2D eigenvalue weighted by Crippen LogP contribution is -2.23. The van der Waals surface area contributed by atoms with Gasteiger partial charge in [-0.3, -0.25) is 14.9 Å². The first-order chi connectivity index (χ1) is 7.27. The number of aromatic nitrogens is 3. The summed E-state index contributed by atoms with van der Waals surface area (Å²) < 4.78 is 0. The van der Waals surface area contributed by atoms with Crippen molar-refractivity contribution in [2.45, 2.75) is 6.54 Å². The summed E-state index contributed by atoms with van der Waals surface area (Å²) in [7, 11) is 0. The molecule has 2 aromatic heterocycles. The van der Waals surface area contributed by atoms with Gasteiger partial charge in [0.1, 0.15) is 5.69 Å². The fourth-order valence-electron chi connectivity index (χ4n) is 1.06. The lowest BCUT2D eigenvalue weighted by molar-refractivity contribution is 0.0947. The zero-order valence-electron chi connectivity index (χ0n) is 7.73. The number of H-pyrrole nitrogens is 1. The van der Waals surface area contributed by atoms with E-state index in [0.29, 0.717) is 17.9 Å². The molecule has 1 amide bonds. The van der Waals surface area contributed by atoms with Crippen molar-refractivity contribution >= 4 is 22.9 Å². The highest BCUT2D eigenvalue weighted by Crippen LogP contribution is 2.07. The molecule has 0 atom stereocenters. The van der Waals surface area contributed by atoms with Gasteiger partial charge in [0.05, 0.1) is 23.9 Å². The SMILES string of the molecule is Nc1cn[nH]c1C(=O)NCc1cncs1. The van der Waals surface area contributed by atoms with Crippen molar-refractivity contribution in [1.29, 1.82) is 0 Å². The predicted molar refractivity (Wildman–Crippen MR) is 56.3 cm³/mol. The zero-order valence-corrected chi connectivity index (χ0v) is 8.54. The third-order valence-corrected chi connectivity index (χ3v) is 2.58. The fraction of sp³-hybridized carbons (Fsp3) is 0.125. The van der Waals surface area contributed by atoms with E-state index in [0.717, 1.165) is 4.88 Å². The quantitative estimate of drug-likeness (QED) is 0.700. The Kier molecular flexibility index (Phi) is 2.64. The number of carbonyl (C=O) groups is 1. The summed E-state index contributed by atoms with van der Waals surface area (Å²) in [6.45, 7) is 0.446. The van der Waals surface area contributed by atoms with Crippen molar-refractivity contribution in [3.05, 3.63) is 28.5 Å². The van der Waals surface area contributed by atoms with Crippen LogP contribution in [-0.2, 0) is 6.54 Å². The monoisotopic (exact) mass is 223 g/mol. The van der Waals surface area contributed by atoms with Crippen LogP contribution in [0, 0.1) is 0 Å². The number of amides is 1. The summed E-state index contributed by atoms with van der Waals surface area (Å²) in [5.74, 6) is -0.265. The number of thiazole rings is 1. The van der Waals surface area contributed by atoms with Crippen LogP contribution in [0.4, 0.5) is 5.69 Å². The highest BCUT2D eigenvalue weighted by molar-refractivity contribution is 7.09. The second-order valence-corrected chi connectivity index (χ2v) is 3.82. The molecular weight excluding hydrogens is 214 g/mol. The van der Waals surface area contributed by atoms with Gasteiger partial charge in [0.2, 0.25) is 0 Å². The number of carbonyl (C=O) groups excluding carboxylic acids is 1. The average molecular weight is 223 g/mol. The van der Waals surface area contributed by atoms with E-state index in [4.69, 9.17) is 5.73 Å². The van der Waals surface area contributed by atoms with E-state index in [1.807, 2.05) is 0 Å². The minimum atomic E-state index is -0.265. The van der Waals surface area contributed by atoms with Gasteiger partial charge in [-0.1, -0.05) is 0 Å². The molecule has 0 bridgehead atoms. The van der Waals surface area contributed by atoms with Gasteiger partial charge >= 0.3 is 0 Å². The molecule has 2 rings (SSSR count). The number of hydrogen-bond acceptors (Lipinski definition) is 5. The fourth-order valence-corrected chi connectivity index (χ4v) is 1.60. The van der Waals surface area contributed by atoms with Crippen molar-refractivity contribution < 1.29 is 4.79 Å². The molecule has 0 unspecified atom stereocenters. The smallest absolute Gasteiger partial charge is 0.271 e. The first-order valence-corrected chi connectivity index (χ1v) is 5.09. The molecule has 2 aromatic rings. The molecular formula is C8H9N5OS. The Morgan fingerprint density at radius 1 is 1.60 bits per heavy atom.